The normalized spacial score (nSPS) is 10.0. The van der Waals surface area contributed by atoms with Crippen molar-refractivity contribution >= 4 is 5.69 Å². The Labute approximate surface area is 80.1 Å². The lowest BCUT2D eigenvalue weighted by Crippen LogP contribution is -2.03. The van der Waals surface area contributed by atoms with E-state index < -0.39 is 0 Å². The lowest BCUT2D eigenvalue weighted by atomic mass is 10.1. The highest BCUT2D eigenvalue weighted by molar-refractivity contribution is 5.44. The van der Waals surface area contributed by atoms with E-state index in [4.69, 9.17) is 5.73 Å². The molecule has 0 amide bonds. The largest absolute Gasteiger partial charge is 0.385 e. The molecule has 3 N–H and O–H groups in total. The lowest BCUT2D eigenvalue weighted by molar-refractivity contribution is 0.964. The molecular formula is C11H18N2. The second-order valence-corrected chi connectivity index (χ2v) is 3.16. The van der Waals surface area contributed by atoms with Gasteiger partial charge < -0.3 is 11.1 Å². The van der Waals surface area contributed by atoms with E-state index in [1.165, 1.54) is 11.3 Å². The molecule has 0 atom stereocenters. The molecule has 0 heterocycles. The first-order valence-corrected chi connectivity index (χ1v) is 4.89. The van der Waals surface area contributed by atoms with Crippen molar-refractivity contribution in [1.29, 1.82) is 0 Å². The Kier molecular flexibility index (Phi) is 4.33. The van der Waals surface area contributed by atoms with E-state index in [2.05, 4.69) is 36.5 Å². The van der Waals surface area contributed by atoms with Crippen molar-refractivity contribution in [2.45, 2.75) is 19.8 Å². The van der Waals surface area contributed by atoms with E-state index in [9.17, 15) is 0 Å². The summed E-state index contributed by atoms with van der Waals surface area (Å²) in [4.78, 5) is 0. The van der Waals surface area contributed by atoms with Crippen LogP contribution in [0.1, 0.15) is 18.9 Å². The van der Waals surface area contributed by atoms with E-state index in [0.717, 1.165) is 25.9 Å². The van der Waals surface area contributed by atoms with Gasteiger partial charge in [-0.2, -0.15) is 0 Å². The number of rotatable bonds is 5. The van der Waals surface area contributed by atoms with Gasteiger partial charge in [-0.3, -0.25) is 0 Å². The van der Waals surface area contributed by atoms with E-state index >= 15 is 0 Å². The van der Waals surface area contributed by atoms with E-state index in [0.29, 0.717) is 0 Å². The highest BCUT2D eigenvalue weighted by Crippen LogP contribution is 2.09. The summed E-state index contributed by atoms with van der Waals surface area (Å²) < 4.78 is 0. The Hall–Kier alpha value is -1.02. The van der Waals surface area contributed by atoms with Crippen LogP contribution in [0.3, 0.4) is 0 Å². The van der Waals surface area contributed by atoms with Crippen molar-refractivity contribution in [2.24, 2.45) is 5.73 Å². The average molecular weight is 178 g/mol. The minimum Gasteiger partial charge on any atom is -0.385 e. The summed E-state index contributed by atoms with van der Waals surface area (Å²) in [5.74, 6) is 0. The summed E-state index contributed by atoms with van der Waals surface area (Å²) in [5.41, 5.74) is 7.97. The van der Waals surface area contributed by atoms with Crippen molar-refractivity contribution in [2.75, 3.05) is 18.4 Å². The van der Waals surface area contributed by atoms with Gasteiger partial charge in [0.25, 0.3) is 0 Å². The topological polar surface area (TPSA) is 38.0 Å². The predicted octanol–water partition coefficient (Wildman–Crippen LogP) is 2.01. The van der Waals surface area contributed by atoms with Crippen LogP contribution < -0.4 is 11.1 Å². The van der Waals surface area contributed by atoms with Gasteiger partial charge in [0.15, 0.2) is 0 Å². The molecule has 72 valence electrons. The molecule has 1 aromatic rings. The Morgan fingerprint density at radius 1 is 1.23 bits per heavy atom. The third-order valence-electron chi connectivity index (χ3n) is 1.97. The molecule has 0 saturated carbocycles. The fourth-order valence-corrected chi connectivity index (χ4v) is 1.23. The van der Waals surface area contributed by atoms with Gasteiger partial charge in [0.05, 0.1) is 0 Å². The van der Waals surface area contributed by atoms with Crippen molar-refractivity contribution in [3.05, 3.63) is 29.8 Å². The predicted molar refractivity (Wildman–Crippen MR) is 58.0 cm³/mol. The van der Waals surface area contributed by atoms with Crippen LogP contribution in [0.15, 0.2) is 24.3 Å². The average Bonchev–Trinajstić information content (AvgIpc) is 2.17. The standard InChI is InChI=1S/C11H18N2/c1-2-9-13-11-5-3-10(4-6-11)7-8-12/h3-6,13H,2,7-9,12H2,1H3. The van der Waals surface area contributed by atoms with Crippen molar-refractivity contribution in [3.8, 4) is 0 Å². The molecule has 0 bridgehead atoms. The van der Waals surface area contributed by atoms with Gasteiger partial charge in [-0.05, 0) is 37.1 Å². The fraction of sp³-hybridized carbons (Fsp3) is 0.455. The molecule has 1 aromatic carbocycles. The third kappa shape index (κ3) is 3.47. The maximum Gasteiger partial charge on any atom is 0.0340 e. The molecule has 0 spiro atoms. The molecule has 0 saturated heterocycles. The number of hydrogen-bond donors (Lipinski definition) is 2. The molecule has 2 nitrogen and oxygen atoms in total. The van der Waals surface area contributed by atoms with Gasteiger partial charge in [0, 0.05) is 12.2 Å². The summed E-state index contributed by atoms with van der Waals surface area (Å²) in [7, 11) is 0. The summed E-state index contributed by atoms with van der Waals surface area (Å²) in [6.07, 6.45) is 2.12. The smallest absolute Gasteiger partial charge is 0.0340 e. The molecule has 2 heteroatoms. The molecule has 0 aliphatic heterocycles. The second-order valence-electron chi connectivity index (χ2n) is 3.16. The minimum atomic E-state index is 0.724. The highest BCUT2D eigenvalue weighted by atomic mass is 14.9. The van der Waals surface area contributed by atoms with E-state index in [1.807, 2.05) is 0 Å². The number of nitrogens with two attached hydrogens (primary N) is 1. The summed E-state index contributed by atoms with van der Waals surface area (Å²) in [6.45, 7) is 3.92. The highest BCUT2D eigenvalue weighted by Gasteiger charge is 1.92. The van der Waals surface area contributed by atoms with Crippen LogP contribution in [0.2, 0.25) is 0 Å². The zero-order chi connectivity index (χ0) is 9.52. The van der Waals surface area contributed by atoms with Crippen molar-refractivity contribution in [1.82, 2.24) is 0 Å². The molecule has 1 rings (SSSR count). The quantitative estimate of drug-likeness (QED) is 0.724. The first-order valence-electron chi connectivity index (χ1n) is 4.89. The third-order valence-corrected chi connectivity index (χ3v) is 1.97. The van der Waals surface area contributed by atoms with Gasteiger partial charge in [-0.25, -0.2) is 0 Å². The van der Waals surface area contributed by atoms with Crippen LogP contribution in [0.5, 0.6) is 0 Å². The minimum absolute atomic E-state index is 0.724. The Morgan fingerprint density at radius 3 is 2.46 bits per heavy atom. The van der Waals surface area contributed by atoms with E-state index in [-0.39, 0.29) is 0 Å². The van der Waals surface area contributed by atoms with Crippen LogP contribution >= 0.6 is 0 Å². The van der Waals surface area contributed by atoms with Gasteiger partial charge >= 0.3 is 0 Å². The van der Waals surface area contributed by atoms with Gasteiger partial charge in [0.2, 0.25) is 0 Å². The number of anilines is 1. The van der Waals surface area contributed by atoms with Crippen molar-refractivity contribution < 1.29 is 0 Å². The van der Waals surface area contributed by atoms with Gasteiger partial charge in [-0.15, -0.1) is 0 Å². The molecule has 0 aromatic heterocycles. The van der Waals surface area contributed by atoms with Crippen LogP contribution in [0.25, 0.3) is 0 Å². The first-order chi connectivity index (χ1) is 6.36. The molecule has 0 aliphatic carbocycles. The molecule has 0 aliphatic rings. The van der Waals surface area contributed by atoms with Crippen LogP contribution in [-0.4, -0.2) is 13.1 Å². The molecule has 0 radical (unpaired) electrons. The van der Waals surface area contributed by atoms with Crippen LogP contribution in [-0.2, 0) is 6.42 Å². The van der Waals surface area contributed by atoms with Gasteiger partial charge in [-0.1, -0.05) is 19.1 Å². The Bertz CT molecular complexity index is 228. The number of hydrogen-bond acceptors (Lipinski definition) is 2. The summed E-state index contributed by atoms with van der Waals surface area (Å²) >= 11 is 0. The van der Waals surface area contributed by atoms with Crippen molar-refractivity contribution in [3.63, 3.8) is 0 Å². The number of nitrogens with one attached hydrogen (secondary N) is 1. The second kappa shape index (κ2) is 5.60. The monoisotopic (exact) mass is 178 g/mol. The zero-order valence-corrected chi connectivity index (χ0v) is 8.22. The summed E-state index contributed by atoms with van der Waals surface area (Å²) in [6, 6.07) is 8.48. The maximum atomic E-state index is 5.46. The SMILES string of the molecule is CCCNc1ccc(CCN)cc1. The summed E-state index contributed by atoms with van der Waals surface area (Å²) in [5, 5.41) is 3.33. The fourth-order valence-electron chi connectivity index (χ4n) is 1.23. The van der Waals surface area contributed by atoms with E-state index in [1.54, 1.807) is 0 Å². The Balaban J connectivity index is 2.48. The van der Waals surface area contributed by atoms with Crippen LogP contribution in [0, 0.1) is 0 Å². The molecule has 0 unspecified atom stereocenters. The first kappa shape index (κ1) is 10.1. The molecule has 13 heavy (non-hydrogen) atoms. The molecule has 0 fully saturated rings. The lowest BCUT2D eigenvalue weighted by Gasteiger charge is -2.05. The maximum absolute atomic E-state index is 5.46. The Morgan fingerprint density at radius 2 is 1.92 bits per heavy atom. The number of benzene rings is 1. The van der Waals surface area contributed by atoms with Gasteiger partial charge in [0.1, 0.15) is 0 Å². The zero-order valence-electron chi connectivity index (χ0n) is 8.22. The molecular weight excluding hydrogens is 160 g/mol. The van der Waals surface area contributed by atoms with Crippen LogP contribution in [0.4, 0.5) is 5.69 Å².